The molecule has 1 N–H and O–H groups in total. The second kappa shape index (κ2) is 5.82. The van der Waals surface area contributed by atoms with Crippen LogP contribution in [0.5, 0.6) is 0 Å². The van der Waals surface area contributed by atoms with Crippen LogP contribution < -0.4 is 0 Å². The van der Waals surface area contributed by atoms with Gasteiger partial charge in [0.15, 0.2) is 9.84 Å². The lowest BCUT2D eigenvalue weighted by atomic mass is 9.95. The molecule has 94 valence electrons. The molecular formula is C12H22O3S. The highest BCUT2D eigenvalue weighted by atomic mass is 32.2. The molecule has 0 spiro atoms. The minimum Gasteiger partial charge on any atom is -0.387 e. The van der Waals surface area contributed by atoms with Crippen LogP contribution in [-0.2, 0) is 9.84 Å². The Morgan fingerprint density at radius 3 is 2.50 bits per heavy atom. The van der Waals surface area contributed by atoms with Crippen LogP contribution in [0.3, 0.4) is 0 Å². The van der Waals surface area contributed by atoms with Crippen LogP contribution in [0.25, 0.3) is 0 Å². The van der Waals surface area contributed by atoms with Gasteiger partial charge in [0, 0.05) is 6.26 Å². The van der Waals surface area contributed by atoms with Gasteiger partial charge in [0.05, 0.1) is 11.4 Å². The Kier molecular flexibility index (Phi) is 4.99. The maximum absolute atomic E-state index is 11.4. The van der Waals surface area contributed by atoms with Gasteiger partial charge in [-0.1, -0.05) is 18.9 Å². The molecule has 2 atom stereocenters. The largest absolute Gasteiger partial charge is 0.387 e. The van der Waals surface area contributed by atoms with Gasteiger partial charge in [-0.25, -0.2) is 8.42 Å². The number of hydrogen-bond donors (Lipinski definition) is 1. The van der Waals surface area contributed by atoms with Crippen molar-refractivity contribution in [1.29, 1.82) is 0 Å². The predicted octanol–water partition coefficient (Wildman–Crippen LogP) is 2.06. The van der Waals surface area contributed by atoms with Crippen molar-refractivity contribution in [3.8, 4) is 0 Å². The van der Waals surface area contributed by atoms with Crippen molar-refractivity contribution in [1.82, 2.24) is 0 Å². The zero-order valence-electron chi connectivity index (χ0n) is 10.1. The third-order valence-electron chi connectivity index (χ3n) is 3.33. The number of aliphatic hydroxyl groups excluding tert-OH is 1. The third-order valence-corrected chi connectivity index (χ3v) is 4.93. The summed E-state index contributed by atoms with van der Waals surface area (Å²) in [6.07, 6.45) is 8.80. The van der Waals surface area contributed by atoms with E-state index < -0.39 is 21.2 Å². The first-order chi connectivity index (χ1) is 7.43. The topological polar surface area (TPSA) is 54.4 Å². The van der Waals surface area contributed by atoms with Gasteiger partial charge in [-0.2, -0.15) is 0 Å². The number of sulfone groups is 1. The molecule has 1 aliphatic carbocycles. The normalized spacial score (nSPS) is 22.8. The first-order valence-corrected chi connectivity index (χ1v) is 7.94. The highest BCUT2D eigenvalue weighted by Gasteiger charge is 2.26. The maximum Gasteiger partial charge on any atom is 0.152 e. The van der Waals surface area contributed by atoms with E-state index in [4.69, 9.17) is 0 Å². The van der Waals surface area contributed by atoms with Crippen molar-refractivity contribution in [3.63, 3.8) is 0 Å². The molecule has 3 nitrogen and oxygen atoms in total. The van der Waals surface area contributed by atoms with E-state index >= 15 is 0 Å². The summed E-state index contributed by atoms with van der Waals surface area (Å²) in [5.74, 6) is 0. The van der Waals surface area contributed by atoms with E-state index in [-0.39, 0.29) is 0 Å². The van der Waals surface area contributed by atoms with Gasteiger partial charge < -0.3 is 5.11 Å². The van der Waals surface area contributed by atoms with Crippen molar-refractivity contribution in [2.75, 3.05) is 6.26 Å². The smallest absolute Gasteiger partial charge is 0.152 e. The Balaban J connectivity index is 2.74. The number of hydrogen-bond acceptors (Lipinski definition) is 3. The fourth-order valence-electron chi connectivity index (χ4n) is 2.02. The Labute approximate surface area is 98.5 Å². The average molecular weight is 246 g/mol. The van der Waals surface area contributed by atoms with E-state index in [0.29, 0.717) is 0 Å². The molecule has 0 bridgehead atoms. The summed E-state index contributed by atoms with van der Waals surface area (Å²) >= 11 is 0. The molecule has 0 aromatic heterocycles. The second-order valence-corrected chi connectivity index (χ2v) is 7.11. The molecule has 4 heteroatoms. The van der Waals surface area contributed by atoms with Crippen molar-refractivity contribution in [3.05, 3.63) is 11.6 Å². The molecule has 0 radical (unpaired) electrons. The zero-order chi connectivity index (χ0) is 12.2. The SMILES string of the molecule is CC(C(O)C1=CCCCCCC1)S(C)(=O)=O. The number of allylic oxidation sites excluding steroid dienone is 1. The first kappa shape index (κ1) is 13.7. The minimum absolute atomic E-state index is 0.696. The molecule has 0 heterocycles. The molecule has 1 rings (SSSR count). The van der Waals surface area contributed by atoms with Crippen molar-refractivity contribution >= 4 is 9.84 Å². The molecule has 0 aromatic carbocycles. The van der Waals surface area contributed by atoms with Crippen molar-refractivity contribution < 1.29 is 13.5 Å². The van der Waals surface area contributed by atoms with Crippen LogP contribution in [0.4, 0.5) is 0 Å². The lowest BCUT2D eigenvalue weighted by molar-refractivity contribution is 0.202. The van der Waals surface area contributed by atoms with Crippen LogP contribution in [0.1, 0.15) is 45.4 Å². The third kappa shape index (κ3) is 3.91. The molecule has 0 saturated carbocycles. The highest BCUT2D eigenvalue weighted by Crippen LogP contribution is 2.23. The number of rotatable bonds is 3. The Bertz CT molecular complexity index is 343. The Hall–Kier alpha value is -0.350. The van der Waals surface area contributed by atoms with Crippen LogP contribution in [0.15, 0.2) is 11.6 Å². The molecule has 0 fully saturated rings. The predicted molar refractivity (Wildman–Crippen MR) is 66.1 cm³/mol. The van der Waals surface area contributed by atoms with Gasteiger partial charge >= 0.3 is 0 Å². The monoisotopic (exact) mass is 246 g/mol. The van der Waals surface area contributed by atoms with Crippen LogP contribution >= 0.6 is 0 Å². The maximum atomic E-state index is 11.4. The van der Waals surface area contributed by atoms with Crippen molar-refractivity contribution in [2.24, 2.45) is 0 Å². The fraction of sp³-hybridized carbons (Fsp3) is 0.833. The molecular weight excluding hydrogens is 224 g/mol. The summed E-state index contributed by atoms with van der Waals surface area (Å²) in [5, 5.41) is 9.35. The van der Waals surface area contributed by atoms with E-state index in [9.17, 15) is 13.5 Å². The van der Waals surface area contributed by atoms with E-state index in [2.05, 4.69) is 0 Å². The van der Waals surface area contributed by atoms with Gasteiger partial charge in [0.2, 0.25) is 0 Å². The average Bonchev–Trinajstić information content (AvgIpc) is 2.13. The fourth-order valence-corrected chi connectivity index (χ4v) is 2.66. The number of aliphatic hydroxyl groups is 1. The molecule has 0 aliphatic heterocycles. The molecule has 0 aromatic rings. The summed E-state index contributed by atoms with van der Waals surface area (Å²) in [4.78, 5) is 0. The molecule has 1 aliphatic rings. The highest BCUT2D eigenvalue weighted by molar-refractivity contribution is 7.91. The quantitative estimate of drug-likeness (QED) is 0.776. The first-order valence-electron chi connectivity index (χ1n) is 5.99. The van der Waals surface area contributed by atoms with Gasteiger partial charge in [-0.15, -0.1) is 0 Å². The standard InChI is InChI=1S/C12H22O3S/c1-10(16(2,14)15)12(13)11-8-6-4-3-5-7-9-11/h8,10,12-13H,3-7,9H2,1-2H3. The lowest BCUT2D eigenvalue weighted by Crippen LogP contribution is -2.32. The van der Waals surface area contributed by atoms with Gasteiger partial charge in [-0.3, -0.25) is 0 Å². The van der Waals surface area contributed by atoms with Crippen LogP contribution in [0, 0.1) is 0 Å². The van der Waals surface area contributed by atoms with E-state index in [0.717, 1.165) is 31.3 Å². The summed E-state index contributed by atoms with van der Waals surface area (Å²) in [5.41, 5.74) is 0.914. The van der Waals surface area contributed by atoms with Crippen molar-refractivity contribution in [2.45, 2.75) is 56.8 Å². The van der Waals surface area contributed by atoms with E-state index in [1.165, 1.54) is 19.1 Å². The summed E-state index contributed by atoms with van der Waals surface area (Å²) in [6.45, 7) is 1.58. The summed E-state index contributed by atoms with van der Waals surface area (Å²) in [7, 11) is -3.16. The molecule has 16 heavy (non-hydrogen) atoms. The molecule has 0 amide bonds. The van der Waals surface area contributed by atoms with E-state index in [1.807, 2.05) is 6.08 Å². The Morgan fingerprint density at radius 2 is 1.88 bits per heavy atom. The Morgan fingerprint density at radius 1 is 1.25 bits per heavy atom. The molecule has 0 saturated heterocycles. The van der Waals surface area contributed by atoms with Gasteiger partial charge in [-0.05, 0) is 38.2 Å². The zero-order valence-corrected chi connectivity index (χ0v) is 11.0. The minimum atomic E-state index is -3.16. The molecule has 2 unspecified atom stereocenters. The van der Waals surface area contributed by atoms with Gasteiger partial charge in [0.1, 0.15) is 0 Å². The van der Waals surface area contributed by atoms with Crippen LogP contribution in [0.2, 0.25) is 0 Å². The van der Waals surface area contributed by atoms with E-state index in [1.54, 1.807) is 6.92 Å². The second-order valence-electron chi connectivity index (χ2n) is 4.71. The lowest BCUT2D eigenvalue weighted by Gasteiger charge is -2.22. The summed E-state index contributed by atoms with van der Waals surface area (Å²) in [6, 6.07) is 0. The summed E-state index contributed by atoms with van der Waals surface area (Å²) < 4.78 is 22.8. The van der Waals surface area contributed by atoms with Crippen LogP contribution in [-0.4, -0.2) is 31.1 Å². The van der Waals surface area contributed by atoms with Gasteiger partial charge in [0.25, 0.3) is 0 Å².